The van der Waals surface area contributed by atoms with Gasteiger partial charge in [0.2, 0.25) is 0 Å². The van der Waals surface area contributed by atoms with Gasteiger partial charge in [0.1, 0.15) is 6.54 Å². The predicted molar refractivity (Wildman–Crippen MR) is 104 cm³/mol. The van der Waals surface area contributed by atoms with E-state index >= 15 is 0 Å². The fraction of sp³-hybridized carbons (Fsp3) is 0.318. The van der Waals surface area contributed by atoms with Crippen molar-refractivity contribution in [1.82, 2.24) is 0 Å². The number of fused-ring (bicyclic) bond motifs is 1. The van der Waals surface area contributed by atoms with Crippen molar-refractivity contribution in [3.63, 3.8) is 0 Å². The number of anilines is 1. The van der Waals surface area contributed by atoms with Gasteiger partial charge in [-0.1, -0.05) is 35.9 Å². The topological polar surface area (TPSA) is 83.9 Å². The fourth-order valence-electron chi connectivity index (χ4n) is 3.53. The molecule has 1 aliphatic heterocycles. The van der Waals surface area contributed by atoms with Gasteiger partial charge in [0.15, 0.2) is 11.4 Å². The van der Waals surface area contributed by atoms with Gasteiger partial charge >= 0.3 is 5.97 Å². The summed E-state index contributed by atoms with van der Waals surface area (Å²) >= 11 is 0. The molecule has 6 heteroatoms. The monoisotopic (exact) mass is 381 g/mol. The van der Waals surface area contributed by atoms with Gasteiger partial charge in [0.05, 0.1) is 18.7 Å². The molecular weight excluding hydrogens is 358 g/mol. The van der Waals surface area contributed by atoms with Crippen molar-refractivity contribution < 1.29 is 24.2 Å². The van der Waals surface area contributed by atoms with Gasteiger partial charge in [0.25, 0.3) is 5.91 Å². The average molecular weight is 381 g/mol. The van der Waals surface area contributed by atoms with Crippen LogP contribution in [0.4, 0.5) is 5.69 Å². The highest BCUT2D eigenvalue weighted by atomic mass is 16.5. The third kappa shape index (κ3) is 3.43. The molecule has 2 aromatic carbocycles. The number of amides is 1. The molecule has 146 valence electrons. The van der Waals surface area contributed by atoms with E-state index < -0.39 is 23.9 Å². The average Bonchev–Trinajstić information content (AvgIpc) is 2.86. The molecule has 1 atom stereocenters. The van der Waals surface area contributed by atoms with Crippen molar-refractivity contribution >= 4 is 23.3 Å². The number of ketones is 1. The van der Waals surface area contributed by atoms with E-state index in [2.05, 4.69) is 0 Å². The van der Waals surface area contributed by atoms with Crippen LogP contribution in [-0.2, 0) is 19.9 Å². The number of rotatable bonds is 6. The molecule has 0 unspecified atom stereocenters. The highest BCUT2D eigenvalue weighted by molar-refractivity contribution is 6.12. The number of hydrogen-bond acceptors (Lipinski definition) is 5. The maximum absolute atomic E-state index is 13.1. The first-order chi connectivity index (χ1) is 13.3. The number of aliphatic hydroxyl groups is 1. The minimum absolute atomic E-state index is 0.192. The van der Waals surface area contributed by atoms with E-state index in [0.29, 0.717) is 16.8 Å². The number of Topliss-reactive ketones (excluding diaryl/α,β-unsaturated/α-hetero) is 1. The molecule has 0 bridgehead atoms. The van der Waals surface area contributed by atoms with Crippen molar-refractivity contribution in [1.29, 1.82) is 0 Å². The Morgan fingerprint density at radius 1 is 1.14 bits per heavy atom. The zero-order valence-electron chi connectivity index (χ0n) is 16.2. The number of ether oxygens (including phenoxy) is 1. The summed E-state index contributed by atoms with van der Waals surface area (Å²) in [5.74, 6) is -1.60. The second-order valence-corrected chi connectivity index (χ2v) is 6.99. The highest BCUT2D eigenvalue weighted by Gasteiger charge is 2.51. The third-order valence-electron chi connectivity index (χ3n) is 4.94. The molecule has 0 aromatic heterocycles. The number of benzene rings is 2. The summed E-state index contributed by atoms with van der Waals surface area (Å²) in [6, 6.07) is 12.1. The standard InChI is InChI=1S/C22H23NO5/c1-4-28-20(25)13-23-18-8-6-5-7-17(18)22(27,21(23)26)12-19(24)16-11-14(2)9-10-15(16)3/h5-11,27H,4,12-13H2,1-3H3/t22-/m1/s1. The van der Waals surface area contributed by atoms with Crippen molar-refractivity contribution in [3.05, 3.63) is 64.7 Å². The Hall–Kier alpha value is -2.99. The molecule has 0 spiro atoms. The van der Waals surface area contributed by atoms with Gasteiger partial charge in [0, 0.05) is 11.1 Å². The maximum atomic E-state index is 13.1. The Bertz CT molecular complexity index is 952. The Morgan fingerprint density at radius 2 is 1.86 bits per heavy atom. The Kier molecular flexibility index (Phi) is 5.34. The second-order valence-electron chi connectivity index (χ2n) is 6.99. The largest absolute Gasteiger partial charge is 0.465 e. The van der Waals surface area contributed by atoms with Gasteiger partial charge in [-0.2, -0.15) is 0 Å². The van der Waals surface area contributed by atoms with E-state index in [1.165, 1.54) is 4.90 Å². The molecule has 0 aliphatic carbocycles. The number of para-hydroxylation sites is 1. The summed E-state index contributed by atoms with van der Waals surface area (Å²) in [5.41, 5.74) is 0.891. The Morgan fingerprint density at radius 3 is 2.57 bits per heavy atom. The molecule has 1 heterocycles. The van der Waals surface area contributed by atoms with Crippen molar-refractivity contribution in [3.8, 4) is 0 Å². The number of hydrogen-bond donors (Lipinski definition) is 1. The number of carbonyl (C=O) groups is 3. The van der Waals surface area contributed by atoms with Crippen LogP contribution in [0.1, 0.15) is 40.4 Å². The molecule has 3 rings (SSSR count). The number of aryl methyl sites for hydroxylation is 2. The fourth-order valence-corrected chi connectivity index (χ4v) is 3.53. The maximum Gasteiger partial charge on any atom is 0.326 e. The van der Waals surface area contributed by atoms with Crippen LogP contribution in [0.2, 0.25) is 0 Å². The van der Waals surface area contributed by atoms with Gasteiger partial charge in [-0.05, 0) is 38.5 Å². The summed E-state index contributed by atoms with van der Waals surface area (Å²) in [6.07, 6.45) is -0.396. The lowest BCUT2D eigenvalue weighted by Gasteiger charge is -2.22. The summed E-state index contributed by atoms with van der Waals surface area (Å²) < 4.78 is 4.93. The molecule has 2 aromatic rings. The zero-order valence-corrected chi connectivity index (χ0v) is 16.2. The van der Waals surface area contributed by atoms with Gasteiger partial charge < -0.3 is 9.84 Å². The van der Waals surface area contributed by atoms with E-state index in [-0.39, 0.29) is 18.9 Å². The molecular formula is C22H23NO5. The zero-order chi connectivity index (χ0) is 20.5. The summed E-state index contributed by atoms with van der Waals surface area (Å²) in [7, 11) is 0. The van der Waals surface area contributed by atoms with Crippen LogP contribution in [0.3, 0.4) is 0 Å². The van der Waals surface area contributed by atoms with Gasteiger partial charge in [-0.15, -0.1) is 0 Å². The van der Waals surface area contributed by atoms with Crippen LogP contribution in [0.5, 0.6) is 0 Å². The third-order valence-corrected chi connectivity index (χ3v) is 4.94. The number of esters is 1. The smallest absolute Gasteiger partial charge is 0.326 e. The second kappa shape index (κ2) is 7.56. The minimum atomic E-state index is -2.02. The van der Waals surface area contributed by atoms with Gasteiger partial charge in [-0.3, -0.25) is 19.3 Å². The molecule has 1 aliphatic rings. The first kappa shape index (κ1) is 19.8. The van der Waals surface area contributed by atoms with Crippen molar-refractivity contribution in [2.45, 2.75) is 32.8 Å². The number of nitrogens with zero attached hydrogens (tertiary/aromatic N) is 1. The van der Waals surface area contributed by atoms with E-state index in [1.807, 2.05) is 26.0 Å². The van der Waals surface area contributed by atoms with Crippen LogP contribution in [-0.4, -0.2) is 35.9 Å². The summed E-state index contributed by atoms with van der Waals surface area (Å²) in [4.78, 5) is 39.1. The predicted octanol–water partition coefficient (Wildman–Crippen LogP) is 2.67. The Labute approximate surface area is 163 Å². The lowest BCUT2D eigenvalue weighted by Crippen LogP contribution is -2.44. The molecule has 1 amide bonds. The van der Waals surface area contributed by atoms with Crippen molar-refractivity contribution in [2.75, 3.05) is 18.1 Å². The molecule has 0 saturated heterocycles. The summed E-state index contributed by atoms with van der Waals surface area (Å²) in [5, 5.41) is 11.3. The van der Waals surface area contributed by atoms with Crippen LogP contribution in [0.15, 0.2) is 42.5 Å². The van der Waals surface area contributed by atoms with E-state index in [0.717, 1.165) is 11.1 Å². The first-order valence-corrected chi connectivity index (χ1v) is 9.18. The van der Waals surface area contributed by atoms with E-state index in [1.54, 1.807) is 37.3 Å². The lowest BCUT2D eigenvalue weighted by atomic mass is 9.87. The van der Waals surface area contributed by atoms with Gasteiger partial charge in [-0.25, -0.2) is 0 Å². The normalized spacial score (nSPS) is 18.1. The van der Waals surface area contributed by atoms with Crippen LogP contribution in [0.25, 0.3) is 0 Å². The molecule has 0 fully saturated rings. The molecule has 0 radical (unpaired) electrons. The van der Waals surface area contributed by atoms with Crippen molar-refractivity contribution in [2.24, 2.45) is 0 Å². The minimum Gasteiger partial charge on any atom is -0.465 e. The molecule has 6 nitrogen and oxygen atoms in total. The van der Waals surface area contributed by atoms with Crippen LogP contribution in [0, 0.1) is 13.8 Å². The highest BCUT2D eigenvalue weighted by Crippen LogP contribution is 2.42. The number of carbonyl (C=O) groups excluding carboxylic acids is 3. The first-order valence-electron chi connectivity index (χ1n) is 9.18. The van der Waals surface area contributed by atoms with E-state index in [4.69, 9.17) is 4.74 Å². The van der Waals surface area contributed by atoms with Crippen LogP contribution >= 0.6 is 0 Å². The Balaban J connectivity index is 1.96. The van der Waals surface area contributed by atoms with E-state index in [9.17, 15) is 19.5 Å². The molecule has 28 heavy (non-hydrogen) atoms. The quantitative estimate of drug-likeness (QED) is 0.614. The summed E-state index contributed by atoms with van der Waals surface area (Å²) in [6.45, 7) is 5.24. The van der Waals surface area contributed by atoms with Crippen LogP contribution < -0.4 is 4.90 Å². The lowest BCUT2D eigenvalue weighted by molar-refractivity contribution is -0.144. The molecule has 1 N–H and O–H groups in total. The SMILES string of the molecule is CCOC(=O)CN1C(=O)[C@@](O)(CC(=O)c2cc(C)ccc2C)c2ccccc21. The molecule has 0 saturated carbocycles.